The number of ether oxygens (including phenoxy) is 1. The van der Waals surface area contributed by atoms with Crippen molar-refractivity contribution in [3.63, 3.8) is 0 Å². The summed E-state index contributed by atoms with van der Waals surface area (Å²) < 4.78 is 5.95. The number of nitrogens with zero attached hydrogens (tertiary/aromatic N) is 1. The third kappa shape index (κ3) is 3.79. The first-order chi connectivity index (χ1) is 8.49. The van der Waals surface area contributed by atoms with E-state index < -0.39 is 0 Å². The second kappa shape index (κ2) is 7.25. The van der Waals surface area contributed by atoms with Crippen molar-refractivity contribution in [2.45, 2.75) is 72.1 Å². The Morgan fingerprint density at radius 3 is 2.50 bits per heavy atom. The molecule has 18 heavy (non-hydrogen) atoms. The molecule has 0 radical (unpaired) electrons. The van der Waals surface area contributed by atoms with Crippen LogP contribution in [-0.2, 0) is 9.53 Å². The van der Waals surface area contributed by atoms with E-state index in [4.69, 9.17) is 4.74 Å². The summed E-state index contributed by atoms with van der Waals surface area (Å²) in [4.78, 5) is 14.7. The summed E-state index contributed by atoms with van der Waals surface area (Å²) in [5.41, 5.74) is 0. The minimum absolute atomic E-state index is 0.0261. The molecule has 0 unspecified atom stereocenters. The molecule has 0 amide bonds. The van der Waals surface area contributed by atoms with E-state index in [-0.39, 0.29) is 18.1 Å². The maximum Gasteiger partial charge on any atom is 0.155 e. The number of unbranched alkanes of at least 4 members (excludes halogenated alkanes) is 1. The van der Waals surface area contributed by atoms with Gasteiger partial charge in [0.1, 0.15) is 0 Å². The molecular formula is C15H29NO2. The number of hydrogen-bond donors (Lipinski definition) is 0. The molecule has 1 aliphatic heterocycles. The average molecular weight is 255 g/mol. The third-order valence-corrected chi connectivity index (χ3v) is 3.73. The second-order valence-electron chi connectivity index (χ2n) is 5.88. The highest BCUT2D eigenvalue weighted by Crippen LogP contribution is 2.26. The third-order valence-electron chi connectivity index (χ3n) is 3.73. The Bertz CT molecular complexity index is 263. The van der Waals surface area contributed by atoms with Crippen molar-refractivity contribution < 1.29 is 9.53 Å². The van der Waals surface area contributed by atoms with E-state index in [1.54, 1.807) is 0 Å². The Morgan fingerprint density at radius 1 is 1.33 bits per heavy atom. The highest BCUT2D eigenvalue weighted by Gasteiger charge is 2.41. The molecule has 1 aliphatic rings. The van der Waals surface area contributed by atoms with Crippen LogP contribution >= 0.6 is 0 Å². The largest absolute Gasteiger partial charge is 0.376 e. The first-order valence-electron chi connectivity index (χ1n) is 7.40. The van der Waals surface area contributed by atoms with Crippen molar-refractivity contribution in [2.24, 2.45) is 5.92 Å². The number of carbonyl (C=O) groups excluding carboxylic acids is 1. The van der Waals surface area contributed by atoms with Crippen LogP contribution in [0.4, 0.5) is 0 Å². The van der Waals surface area contributed by atoms with Crippen LogP contribution in [-0.4, -0.2) is 42.0 Å². The first kappa shape index (κ1) is 15.6. The highest BCUT2D eigenvalue weighted by molar-refractivity contribution is 5.86. The molecule has 1 rings (SSSR count). The van der Waals surface area contributed by atoms with E-state index in [1.165, 1.54) is 0 Å². The van der Waals surface area contributed by atoms with Gasteiger partial charge in [-0.25, -0.2) is 0 Å². The Kier molecular flexibility index (Phi) is 6.30. The maximum atomic E-state index is 12.4. The summed E-state index contributed by atoms with van der Waals surface area (Å²) in [6.45, 7) is 12.2. The van der Waals surface area contributed by atoms with E-state index in [1.807, 2.05) is 13.8 Å². The van der Waals surface area contributed by atoms with Crippen LogP contribution in [0.25, 0.3) is 0 Å². The van der Waals surface area contributed by atoms with Crippen LogP contribution < -0.4 is 0 Å². The van der Waals surface area contributed by atoms with Crippen molar-refractivity contribution in [3.05, 3.63) is 0 Å². The molecule has 1 fully saturated rings. The molecule has 0 saturated carbocycles. The lowest BCUT2D eigenvalue weighted by molar-refractivity contribution is -0.131. The molecule has 0 aliphatic carbocycles. The number of Topliss-reactive ketones (excluding diaryl/α,β-unsaturated/α-hetero) is 1. The minimum atomic E-state index is -0.0261. The number of rotatable bonds is 7. The SMILES string of the molecule is CCCCO[C@H]1CCN(C(C)C)[C@@H]1C(=O)C(C)C. The van der Waals surface area contributed by atoms with E-state index in [9.17, 15) is 4.79 Å². The molecule has 2 atom stereocenters. The van der Waals surface area contributed by atoms with Crippen LogP contribution in [0.5, 0.6) is 0 Å². The number of likely N-dealkylation sites (tertiary alicyclic amines) is 1. The number of ketones is 1. The van der Waals surface area contributed by atoms with E-state index in [2.05, 4.69) is 25.7 Å². The smallest absolute Gasteiger partial charge is 0.155 e. The van der Waals surface area contributed by atoms with Crippen molar-refractivity contribution in [1.82, 2.24) is 4.90 Å². The molecule has 0 bridgehead atoms. The summed E-state index contributed by atoms with van der Waals surface area (Å²) in [7, 11) is 0. The standard InChI is InChI=1S/C15H29NO2/c1-6-7-10-18-13-8-9-16(12(4)5)14(13)15(17)11(2)3/h11-14H,6-10H2,1-5H3/t13-,14-/m0/s1. The fourth-order valence-corrected chi connectivity index (χ4v) is 2.61. The zero-order chi connectivity index (χ0) is 13.7. The van der Waals surface area contributed by atoms with Gasteiger partial charge in [0.15, 0.2) is 5.78 Å². The molecule has 3 nitrogen and oxygen atoms in total. The monoisotopic (exact) mass is 255 g/mol. The Balaban J connectivity index is 2.68. The van der Waals surface area contributed by atoms with E-state index >= 15 is 0 Å². The summed E-state index contributed by atoms with van der Waals surface area (Å²) in [6.07, 6.45) is 3.32. The van der Waals surface area contributed by atoms with Crippen molar-refractivity contribution in [3.8, 4) is 0 Å². The summed E-state index contributed by atoms with van der Waals surface area (Å²) in [5, 5.41) is 0. The molecule has 0 aromatic heterocycles. The highest BCUT2D eigenvalue weighted by atomic mass is 16.5. The molecule has 0 spiro atoms. The fraction of sp³-hybridized carbons (Fsp3) is 0.933. The normalized spacial score (nSPS) is 25.3. The zero-order valence-corrected chi connectivity index (χ0v) is 12.6. The first-order valence-corrected chi connectivity index (χ1v) is 7.40. The van der Waals surface area contributed by atoms with Crippen molar-refractivity contribution >= 4 is 5.78 Å². The van der Waals surface area contributed by atoms with Gasteiger partial charge >= 0.3 is 0 Å². The lowest BCUT2D eigenvalue weighted by Crippen LogP contribution is -2.47. The molecule has 3 heteroatoms. The Hall–Kier alpha value is -0.410. The predicted molar refractivity (Wildman–Crippen MR) is 74.7 cm³/mol. The number of carbonyl (C=O) groups is 1. The van der Waals surface area contributed by atoms with Crippen LogP contribution in [0.3, 0.4) is 0 Å². The zero-order valence-electron chi connectivity index (χ0n) is 12.6. The maximum absolute atomic E-state index is 12.4. The molecule has 1 heterocycles. The van der Waals surface area contributed by atoms with E-state index in [0.717, 1.165) is 32.4 Å². The Labute approximate surface area is 112 Å². The molecule has 0 N–H and O–H groups in total. The van der Waals surface area contributed by atoms with Crippen LogP contribution in [0, 0.1) is 5.92 Å². The Morgan fingerprint density at radius 2 is 2.00 bits per heavy atom. The lowest BCUT2D eigenvalue weighted by Gasteiger charge is -2.31. The van der Waals surface area contributed by atoms with Gasteiger partial charge < -0.3 is 4.74 Å². The van der Waals surface area contributed by atoms with Gasteiger partial charge in [-0.2, -0.15) is 0 Å². The summed E-state index contributed by atoms with van der Waals surface area (Å²) in [6, 6.07) is 0.388. The number of hydrogen-bond acceptors (Lipinski definition) is 3. The predicted octanol–water partition coefficient (Wildman–Crippen LogP) is 2.88. The van der Waals surface area contributed by atoms with Crippen molar-refractivity contribution in [2.75, 3.05) is 13.2 Å². The van der Waals surface area contributed by atoms with Gasteiger partial charge in [-0.1, -0.05) is 27.2 Å². The summed E-state index contributed by atoms with van der Waals surface area (Å²) in [5.74, 6) is 0.425. The van der Waals surface area contributed by atoms with Gasteiger partial charge in [0.2, 0.25) is 0 Å². The molecule has 106 valence electrons. The molecule has 1 saturated heterocycles. The summed E-state index contributed by atoms with van der Waals surface area (Å²) >= 11 is 0. The van der Waals surface area contributed by atoms with Gasteiger partial charge in [0, 0.05) is 25.1 Å². The molecule has 0 aromatic rings. The lowest BCUT2D eigenvalue weighted by atomic mass is 9.97. The second-order valence-corrected chi connectivity index (χ2v) is 5.88. The topological polar surface area (TPSA) is 29.5 Å². The average Bonchev–Trinajstić information content (AvgIpc) is 2.72. The van der Waals surface area contributed by atoms with Gasteiger partial charge in [-0.3, -0.25) is 9.69 Å². The quantitative estimate of drug-likeness (QED) is 0.655. The van der Waals surface area contributed by atoms with Gasteiger partial charge in [0.25, 0.3) is 0 Å². The molecule has 0 aromatic carbocycles. The van der Waals surface area contributed by atoms with Gasteiger partial charge in [-0.15, -0.1) is 0 Å². The van der Waals surface area contributed by atoms with Crippen LogP contribution in [0.2, 0.25) is 0 Å². The fourth-order valence-electron chi connectivity index (χ4n) is 2.61. The van der Waals surface area contributed by atoms with Crippen LogP contribution in [0.15, 0.2) is 0 Å². The minimum Gasteiger partial charge on any atom is -0.376 e. The van der Waals surface area contributed by atoms with Gasteiger partial charge in [-0.05, 0) is 26.7 Å². The van der Waals surface area contributed by atoms with E-state index in [0.29, 0.717) is 11.8 Å². The molecular weight excluding hydrogens is 226 g/mol. The van der Waals surface area contributed by atoms with Gasteiger partial charge in [0.05, 0.1) is 12.1 Å². The van der Waals surface area contributed by atoms with Crippen molar-refractivity contribution in [1.29, 1.82) is 0 Å². The van der Waals surface area contributed by atoms with Crippen LogP contribution in [0.1, 0.15) is 53.9 Å².